The summed E-state index contributed by atoms with van der Waals surface area (Å²) in [5.74, 6) is 0.494. The van der Waals surface area contributed by atoms with Gasteiger partial charge in [-0.05, 0) is 36.4 Å². The van der Waals surface area contributed by atoms with Crippen LogP contribution in [0.3, 0.4) is 0 Å². The van der Waals surface area contributed by atoms with Crippen LogP contribution in [0.15, 0.2) is 82.2 Å². The molecule has 4 rings (SSSR count). The molecule has 0 aliphatic heterocycles. The number of nitrogens with zero attached hydrogens (tertiary/aromatic N) is 3. The molecule has 0 fully saturated rings. The van der Waals surface area contributed by atoms with Gasteiger partial charge >= 0.3 is 5.69 Å². The van der Waals surface area contributed by atoms with Crippen molar-refractivity contribution in [2.45, 2.75) is 13.1 Å². The largest absolute Gasteiger partial charge is 0.467 e. The molecular weight excluding hydrogens is 342 g/mol. The van der Waals surface area contributed by atoms with Crippen LogP contribution in [0.5, 0.6) is 0 Å². The number of anilines is 1. The van der Waals surface area contributed by atoms with Gasteiger partial charge < -0.3 is 9.32 Å². The predicted octanol–water partition coefficient (Wildman–Crippen LogP) is 3.17. The number of para-hydroxylation sites is 3. The highest BCUT2D eigenvalue weighted by molar-refractivity contribution is 5.94. The SMILES string of the molecule is Cn1c(=O)n(CC(=O)N(Cc2ccco2)c2ccccc2)c2ccccc21. The number of rotatable bonds is 5. The van der Waals surface area contributed by atoms with Crippen molar-refractivity contribution in [2.75, 3.05) is 4.90 Å². The Balaban J connectivity index is 1.71. The number of imidazole rings is 1. The van der Waals surface area contributed by atoms with E-state index in [-0.39, 0.29) is 18.1 Å². The number of aromatic nitrogens is 2. The first-order chi connectivity index (χ1) is 13.1. The second-order valence-corrected chi connectivity index (χ2v) is 6.31. The van der Waals surface area contributed by atoms with Gasteiger partial charge in [-0.25, -0.2) is 4.79 Å². The predicted molar refractivity (Wildman–Crippen MR) is 104 cm³/mol. The first-order valence-electron chi connectivity index (χ1n) is 8.67. The third kappa shape index (κ3) is 3.17. The quantitative estimate of drug-likeness (QED) is 0.549. The maximum atomic E-state index is 13.2. The standard InChI is InChI=1S/C21H19N3O3/c1-22-18-11-5-6-12-19(18)24(21(22)26)15-20(25)23(14-17-10-7-13-27-17)16-8-3-2-4-9-16/h2-13H,14-15H2,1H3. The molecule has 27 heavy (non-hydrogen) atoms. The molecule has 0 aliphatic carbocycles. The normalized spacial score (nSPS) is 11.0. The van der Waals surface area contributed by atoms with E-state index in [1.54, 1.807) is 28.8 Å². The van der Waals surface area contributed by atoms with E-state index in [0.29, 0.717) is 12.3 Å². The number of aryl methyl sites for hydroxylation is 1. The second-order valence-electron chi connectivity index (χ2n) is 6.31. The van der Waals surface area contributed by atoms with Crippen LogP contribution in [-0.4, -0.2) is 15.0 Å². The van der Waals surface area contributed by atoms with Gasteiger partial charge in [0, 0.05) is 12.7 Å². The fourth-order valence-electron chi connectivity index (χ4n) is 3.23. The highest BCUT2D eigenvalue weighted by atomic mass is 16.3. The van der Waals surface area contributed by atoms with Gasteiger partial charge in [0.2, 0.25) is 5.91 Å². The average Bonchev–Trinajstić information content (AvgIpc) is 3.30. The van der Waals surface area contributed by atoms with Gasteiger partial charge in [-0.3, -0.25) is 13.9 Å². The Morgan fingerprint density at radius 1 is 0.963 bits per heavy atom. The van der Waals surface area contributed by atoms with Gasteiger partial charge in [-0.1, -0.05) is 30.3 Å². The lowest BCUT2D eigenvalue weighted by molar-refractivity contribution is -0.119. The molecule has 2 heterocycles. The van der Waals surface area contributed by atoms with Crippen molar-refractivity contribution in [2.24, 2.45) is 7.05 Å². The Hall–Kier alpha value is -3.54. The van der Waals surface area contributed by atoms with Gasteiger partial charge in [0.25, 0.3) is 0 Å². The lowest BCUT2D eigenvalue weighted by atomic mass is 10.2. The van der Waals surface area contributed by atoms with Crippen molar-refractivity contribution >= 4 is 22.6 Å². The van der Waals surface area contributed by atoms with Gasteiger partial charge in [0.15, 0.2) is 0 Å². The number of furan rings is 1. The molecule has 0 saturated carbocycles. The molecule has 2 aromatic carbocycles. The average molecular weight is 361 g/mol. The summed E-state index contributed by atoms with van der Waals surface area (Å²) in [4.78, 5) is 27.4. The lowest BCUT2D eigenvalue weighted by Crippen LogP contribution is -2.36. The Labute approximate surface area is 155 Å². The number of hydrogen-bond acceptors (Lipinski definition) is 3. The zero-order valence-electron chi connectivity index (χ0n) is 14.9. The molecule has 4 aromatic rings. The van der Waals surface area contributed by atoms with Crippen molar-refractivity contribution < 1.29 is 9.21 Å². The van der Waals surface area contributed by atoms with E-state index >= 15 is 0 Å². The summed E-state index contributed by atoms with van der Waals surface area (Å²) in [7, 11) is 1.71. The van der Waals surface area contributed by atoms with Crippen LogP contribution in [0.4, 0.5) is 5.69 Å². The minimum absolute atomic E-state index is 0.0458. The molecule has 0 unspecified atom stereocenters. The van der Waals surface area contributed by atoms with Crippen LogP contribution in [-0.2, 0) is 24.9 Å². The highest BCUT2D eigenvalue weighted by Crippen LogP contribution is 2.19. The first-order valence-corrected chi connectivity index (χ1v) is 8.67. The number of carbonyl (C=O) groups excluding carboxylic acids is 1. The van der Waals surface area contributed by atoms with Crippen molar-refractivity contribution in [3.63, 3.8) is 0 Å². The smallest absolute Gasteiger partial charge is 0.329 e. The van der Waals surface area contributed by atoms with Gasteiger partial charge in [0.05, 0.1) is 23.8 Å². The molecule has 1 amide bonds. The van der Waals surface area contributed by atoms with Crippen LogP contribution in [0.1, 0.15) is 5.76 Å². The van der Waals surface area contributed by atoms with E-state index in [2.05, 4.69) is 0 Å². The topological polar surface area (TPSA) is 60.4 Å². The number of amides is 1. The summed E-state index contributed by atoms with van der Waals surface area (Å²) < 4.78 is 8.48. The minimum atomic E-state index is -0.212. The molecule has 0 saturated heterocycles. The number of benzene rings is 2. The molecule has 6 heteroatoms. The molecule has 6 nitrogen and oxygen atoms in total. The zero-order valence-corrected chi connectivity index (χ0v) is 14.9. The van der Waals surface area contributed by atoms with E-state index in [4.69, 9.17) is 4.42 Å². The van der Waals surface area contributed by atoms with Crippen LogP contribution in [0, 0.1) is 0 Å². The van der Waals surface area contributed by atoms with Crippen molar-refractivity contribution in [3.8, 4) is 0 Å². The molecule has 0 aliphatic rings. The fraction of sp³-hybridized carbons (Fsp3) is 0.143. The Morgan fingerprint density at radius 3 is 2.37 bits per heavy atom. The maximum Gasteiger partial charge on any atom is 0.329 e. The second kappa shape index (κ2) is 6.99. The number of fused-ring (bicyclic) bond motifs is 1. The van der Waals surface area contributed by atoms with E-state index in [1.165, 1.54) is 4.57 Å². The zero-order chi connectivity index (χ0) is 18.8. The molecule has 136 valence electrons. The van der Waals surface area contributed by atoms with Crippen molar-refractivity contribution in [1.82, 2.24) is 9.13 Å². The molecule has 0 bridgehead atoms. The summed E-state index contributed by atoms with van der Waals surface area (Å²) >= 11 is 0. The van der Waals surface area contributed by atoms with E-state index in [1.807, 2.05) is 60.7 Å². The third-order valence-electron chi connectivity index (χ3n) is 4.61. The highest BCUT2D eigenvalue weighted by Gasteiger charge is 2.20. The van der Waals surface area contributed by atoms with Crippen LogP contribution in [0.25, 0.3) is 11.0 Å². The Bertz CT molecular complexity index is 1120. The van der Waals surface area contributed by atoms with E-state index in [9.17, 15) is 9.59 Å². The molecule has 0 radical (unpaired) electrons. The number of hydrogen-bond donors (Lipinski definition) is 0. The summed E-state index contributed by atoms with van der Waals surface area (Å²) in [6.07, 6.45) is 1.58. The first kappa shape index (κ1) is 16.9. The Morgan fingerprint density at radius 2 is 1.67 bits per heavy atom. The number of carbonyl (C=O) groups is 1. The molecule has 0 spiro atoms. The fourth-order valence-corrected chi connectivity index (χ4v) is 3.23. The Kier molecular flexibility index (Phi) is 4.38. The maximum absolute atomic E-state index is 13.2. The summed E-state index contributed by atoms with van der Waals surface area (Å²) in [5, 5.41) is 0. The molecule has 0 N–H and O–H groups in total. The van der Waals surface area contributed by atoms with Gasteiger partial charge in [0.1, 0.15) is 12.3 Å². The minimum Gasteiger partial charge on any atom is -0.467 e. The monoisotopic (exact) mass is 361 g/mol. The van der Waals surface area contributed by atoms with Crippen LogP contribution in [0.2, 0.25) is 0 Å². The van der Waals surface area contributed by atoms with Gasteiger partial charge in [-0.2, -0.15) is 0 Å². The third-order valence-corrected chi connectivity index (χ3v) is 4.61. The van der Waals surface area contributed by atoms with Crippen LogP contribution >= 0.6 is 0 Å². The molecular formula is C21H19N3O3. The summed E-state index contributed by atoms with van der Waals surface area (Å²) in [6.45, 7) is 0.255. The summed E-state index contributed by atoms with van der Waals surface area (Å²) in [5.41, 5.74) is 2.08. The van der Waals surface area contributed by atoms with Crippen molar-refractivity contribution in [3.05, 3.63) is 89.2 Å². The van der Waals surface area contributed by atoms with E-state index < -0.39 is 0 Å². The summed E-state index contributed by atoms with van der Waals surface area (Å²) in [6, 6.07) is 20.5. The lowest BCUT2D eigenvalue weighted by Gasteiger charge is -2.22. The van der Waals surface area contributed by atoms with Crippen molar-refractivity contribution in [1.29, 1.82) is 0 Å². The molecule has 2 aromatic heterocycles. The van der Waals surface area contributed by atoms with Gasteiger partial charge in [-0.15, -0.1) is 0 Å². The van der Waals surface area contributed by atoms with Crippen LogP contribution < -0.4 is 10.6 Å². The van der Waals surface area contributed by atoms with E-state index in [0.717, 1.165) is 16.7 Å². The molecule has 0 atom stereocenters.